The summed E-state index contributed by atoms with van der Waals surface area (Å²) < 4.78 is 10.3. The molecule has 1 aromatic rings. The number of rotatable bonds is 3. The average molecular weight is 223 g/mol. The summed E-state index contributed by atoms with van der Waals surface area (Å²) in [5.41, 5.74) is 0.746. The first-order valence-electron chi connectivity index (χ1n) is 5.09. The molecule has 0 spiro atoms. The topological polar surface area (TPSA) is 48.4 Å². The summed E-state index contributed by atoms with van der Waals surface area (Å²) in [7, 11) is 1.58. The molecule has 0 bridgehead atoms. The van der Waals surface area contributed by atoms with Crippen molar-refractivity contribution in [3.8, 4) is 0 Å². The van der Waals surface area contributed by atoms with Crippen LogP contribution in [0.25, 0.3) is 0 Å². The molecule has 0 aliphatic heterocycles. The van der Waals surface area contributed by atoms with E-state index in [0.29, 0.717) is 12.2 Å². The fourth-order valence-corrected chi connectivity index (χ4v) is 1.23. The van der Waals surface area contributed by atoms with Gasteiger partial charge in [-0.1, -0.05) is 0 Å². The molecule has 0 amide bonds. The Bertz CT molecular complexity index is 369. The lowest BCUT2D eigenvalue weighted by Crippen LogP contribution is -2.24. The van der Waals surface area contributed by atoms with Gasteiger partial charge in [0.1, 0.15) is 5.60 Å². The molecule has 0 saturated heterocycles. The number of pyridine rings is 1. The first kappa shape index (κ1) is 12.6. The smallest absolute Gasteiger partial charge is 0.339 e. The lowest BCUT2D eigenvalue weighted by molar-refractivity contribution is 0.00658. The van der Waals surface area contributed by atoms with Crippen LogP contribution >= 0.6 is 0 Å². The summed E-state index contributed by atoms with van der Waals surface area (Å²) in [6.07, 6.45) is 3.18. The Labute approximate surface area is 95.6 Å². The van der Waals surface area contributed by atoms with Crippen LogP contribution in [-0.2, 0) is 16.1 Å². The number of ether oxygens (including phenoxy) is 2. The van der Waals surface area contributed by atoms with Crippen molar-refractivity contribution in [1.82, 2.24) is 4.98 Å². The fraction of sp³-hybridized carbons (Fsp3) is 0.500. The molecule has 0 atom stereocenters. The highest BCUT2D eigenvalue weighted by Gasteiger charge is 2.20. The van der Waals surface area contributed by atoms with Gasteiger partial charge in [0.15, 0.2) is 0 Å². The molecular weight excluding hydrogens is 206 g/mol. The summed E-state index contributed by atoms with van der Waals surface area (Å²) in [5.74, 6) is -0.345. The van der Waals surface area contributed by atoms with Crippen LogP contribution in [0.1, 0.15) is 36.7 Å². The fourth-order valence-electron chi connectivity index (χ4n) is 1.23. The molecule has 0 aromatic carbocycles. The number of esters is 1. The highest BCUT2D eigenvalue weighted by Crippen LogP contribution is 2.15. The molecular formula is C12H17NO3. The average Bonchev–Trinajstić information content (AvgIpc) is 2.16. The molecule has 0 N–H and O–H groups in total. The van der Waals surface area contributed by atoms with E-state index in [-0.39, 0.29) is 5.97 Å². The molecule has 88 valence electrons. The Morgan fingerprint density at radius 2 is 2.12 bits per heavy atom. The quantitative estimate of drug-likeness (QED) is 0.737. The minimum Gasteiger partial charge on any atom is -0.456 e. The van der Waals surface area contributed by atoms with Crippen molar-refractivity contribution in [2.24, 2.45) is 0 Å². The van der Waals surface area contributed by atoms with Gasteiger partial charge in [-0.3, -0.25) is 4.98 Å². The van der Waals surface area contributed by atoms with E-state index in [1.165, 1.54) is 0 Å². The van der Waals surface area contributed by atoms with Gasteiger partial charge < -0.3 is 9.47 Å². The van der Waals surface area contributed by atoms with Gasteiger partial charge in [-0.25, -0.2) is 4.79 Å². The summed E-state index contributed by atoms with van der Waals surface area (Å²) in [4.78, 5) is 15.8. The number of nitrogens with zero attached hydrogens (tertiary/aromatic N) is 1. The summed E-state index contributed by atoms with van der Waals surface area (Å²) in [6, 6.07) is 1.64. The van der Waals surface area contributed by atoms with Gasteiger partial charge in [-0.2, -0.15) is 0 Å². The normalized spacial score (nSPS) is 11.2. The van der Waals surface area contributed by atoms with Crippen LogP contribution in [0.4, 0.5) is 0 Å². The van der Waals surface area contributed by atoms with Crippen LogP contribution in [0, 0.1) is 0 Å². The molecule has 0 aliphatic carbocycles. The zero-order valence-electron chi connectivity index (χ0n) is 10.1. The molecule has 4 heteroatoms. The molecule has 0 aliphatic rings. The van der Waals surface area contributed by atoms with E-state index in [2.05, 4.69) is 4.98 Å². The maximum Gasteiger partial charge on any atom is 0.339 e. The molecule has 16 heavy (non-hydrogen) atoms. The second-order valence-corrected chi connectivity index (χ2v) is 4.47. The predicted molar refractivity (Wildman–Crippen MR) is 60.1 cm³/mol. The third-order valence-corrected chi connectivity index (χ3v) is 1.82. The van der Waals surface area contributed by atoms with Crippen LogP contribution in [0.5, 0.6) is 0 Å². The Balaban J connectivity index is 2.90. The molecule has 1 heterocycles. The summed E-state index contributed by atoms with van der Waals surface area (Å²) >= 11 is 0. The number of hydrogen-bond acceptors (Lipinski definition) is 4. The van der Waals surface area contributed by atoms with E-state index in [1.54, 1.807) is 25.6 Å². The molecule has 0 fully saturated rings. The van der Waals surface area contributed by atoms with Crippen molar-refractivity contribution >= 4 is 5.97 Å². The van der Waals surface area contributed by atoms with E-state index in [1.807, 2.05) is 20.8 Å². The number of methoxy groups -OCH3 is 1. The third kappa shape index (κ3) is 3.62. The van der Waals surface area contributed by atoms with Gasteiger partial charge in [-0.05, 0) is 26.8 Å². The van der Waals surface area contributed by atoms with Crippen molar-refractivity contribution in [2.75, 3.05) is 7.11 Å². The van der Waals surface area contributed by atoms with Gasteiger partial charge >= 0.3 is 5.97 Å². The second-order valence-electron chi connectivity index (χ2n) is 4.47. The summed E-state index contributed by atoms with van der Waals surface area (Å²) in [6.45, 7) is 5.86. The molecule has 4 nitrogen and oxygen atoms in total. The second kappa shape index (κ2) is 5.07. The van der Waals surface area contributed by atoms with Gasteiger partial charge in [0, 0.05) is 25.1 Å². The van der Waals surface area contributed by atoms with Gasteiger partial charge in [0.05, 0.1) is 12.2 Å². The molecule has 1 aromatic heterocycles. The minimum absolute atomic E-state index is 0.345. The number of aromatic nitrogens is 1. The van der Waals surface area contributed by atoms with E-state index in [4.69, 9.17) is 9.47 Å². The molecule has 0 saturated carbocycles. The zero-order valence-corrected chi connectivity index (χ0v) is 10.1. The van der Waals surface area contributed by atoms with Crippen LogP contribution in [0.3, 0.4) is 0 Å². The van der Waals surface area contributed by atoms with Crippen LogP contribution in [0.15, 0.2) is 18.5 Å². The van der Waals surface area contributed by atoms with E-state index in [0.717, 1.165) is 5.56 Å². The highest BCUT2D eigenvalue weighted by molar-refractivity contribution is 5.91. The van der Waals surface area contributed by atoms with E-state index in [9.17, 15) is 4.79 Å². The first-order valence-corrected chi connectivity index (χ1v) is 5.09. The van der Waals surface area contributed by atoms with Crippen molar-refractivity contribution < 1.29 is 14.3 Å². The van der Waals surface area contributed by atoms with E-state index < -0.39 is 5.60 Å². The Morgan fingerprint density at radius 1 is 1.44 bits per heavy atom. The Morgan fingerprint density at radius 3 is 2.69 bits per heavy atom. The van der Waals surface area contributed by atoms with Crippen molar-refractivity contribution in [2.45, 2.75) is 33.0 Å². The molecule has 1 rings (SSSR count). The maximum absolute atomic E-state index is 11.9. The van der Waals surface area contributed by atoms with Crippen LogP contribution in [0.2, 0.25) is 0 Å². The van der Waals surface area contributed by atoms with Gasteiger partial charge in [0.25, 0.3) is 0 Å². The predicted octanol–water partition coefficient (Wildman–Crippen LogP) is 2.18. The molecule has 0 radical (unpaired) electrons. The van der Waals surface area contributed by atoms with Crippen LogP contribution in [-0.4, -0.2) is 23.7 Å². The zero-order chi connectivity index (χ0) is 12.2. The lowest BCUT2D eigenvalue weighted by atomic mass is 10.1. The minimum atomic E-state index is -0.495. The lowest BCUT2D eigenvalue weighted by Gasteiger charge is -2.20. The van der Waals surface area contributed by atoms with Crippen LogP contribution < -0.4 is 0 Å². The van der Waals surface area contributed by atoms with Gasteiger partial charge in [-0.15, -0.1) is 0 Å². The van der Waals surface area contributed by atoms with Crippen molar-refractivity contribution in [1.29, 1.82) is 0 Å². The summed E-state index contributed by atoms with van der Waals surface area (Å²) in [5, 5.41) is 0. The van der Waals surface area contributed by atoms with Gasteiger partial charge in [0.2, 0.25) is 0 Å². The number of hydrogen-bond donors (Lipinski definition) is 0. The standard InChI is InChI=1S/C12H17NO3/c1-12(2,3)16-11(14)10-5-6-13-7-9(10)8-15-4/h5-7H,8H2,1-4H3. The number of carbonyl (C=O) groups is 1. The maximum atomic E-state index is 11.9. The monoisotopic (exact) mass is 223 g/mol. The Hall–Kier alpha value is -1.42. The third-order valence-electron chi connectivity index (χ3n) is 1.82. The van der Waals surface area contributed by atoms with Crippen molar-refractivity contribution in [3.05, 3.63) is 29.6 Å². The highest BCUT2D eigenvalue weighted by atomic mass is 16.6. The number of carbonyl (C=O) groups excluding carboxylic acids is 1. The first-order chi connectivity index (χ1) is 7.44. The Kier molecular flexibility index (Phi) is 4.01. The SMILES string of the molecule is COCc1cnccc1C(=O)OC(C)(C)C. The largest absolute Gasteiger partial charge is 0.456 e. The molecule has 0 unspecified atom stereocenters. The van der Waals surface area contributed by atoms with E-state index >= 15 is 0 Å². The van der Waals surface area contributed by atoms with Crippen molar-refractivity contribution in [3.63, 3.8) is 0 Å².